The lowest BCUT2D eigenvalue weighted by atomic mass is 10.2. The number of nitrogens with zero attached hydrogens (tertiary/aromatic N) is 3. The van der Waals surface area contributed by atoms with Crippen LogP contribution in [-0.2, 0) is 0 Å². The largest absolute Gasteiger partial charge is 0.496 e. The summed E-state index contributed by atoms with van der Waals surface area (Å²) in [5, 5.41) is 7.59. The Morgan fingerprint density at radius 3 is 2.82 bits per heavy atom. The van der Waals surface area contributed by atoms with Gasteiger partial charge in [0.1, 0.15) is 11.8 Å². The highest BCUT2D eigenvalue weighted by Crippen LogP contribution is 2.34. The molecular formula is C20H19ClN4O3. The van der Waals surface area contributed by atoms with E-state index in [1.165, 1.54) is 0 Å². The lowest BCUT2D eigenvalue weighted by Crippen LogP contribution is -2.34. The Bertz CT molecular complexity index is 974. The molecule has 1 aliphatic rings. The van der Waals surface area contributed by atoms with Gasteiger partial charge in [-0.2, -0.15) is 4.98 Å². The van der Waals surface area contributed by atoms with Gasteiger partial charge in [-0.1, -0.05) is 28.9 Å². The lowest BCUT2D eigenvalue weighted by molar-refractivity contribution is 0.193. The first kappa shape index (κ1) is 18.3. The van der Waals surface area contributed by atoms with Crippen LogP contribution in [0.15, 0.2) is 53.1 Å². The molecule has 0 bridgehead atoms. The highest BCUT2D eigenvalue weighted by molar-refractivity contribution is 6.30. The van der Waals surface area contributed by atoms with Crippen LogP contribution >= 0.6 is 11.6 Å². The molecule has 7 nitrogen and oxygen atoms in total. The fourth-order valence-corrected chi connectivity index (χ4v) is 3.43. The van der Waals surface area contributed by atoms with Gasteiger partial charge in [-0.3, -0.25) is 0 Å². The molecule has 1 fully saturated rings. The molecule has 2 amide bonds. The van der Waals surface area contributed by atoms with Gasteiger partial charge in [-0.25, -0.2) is 4.79 Å². The maximum absolute atomic E-state index is 12.7. The fourth-order valence-electron chi connectivity index (χ4n) is 3.30. The van der Waals surface area contributed by atoms with E-state index in [4.69, 9.17) is 20.9 Å². The number of aromatic nitrogens is 2. The number of anilines is 1. The zero-order chi connectivity index (χ0) is 19.5. The van der Waals surface area contributed by atoms with E-state index in [9.17, 15) is 4.79 Å². The molecule has 2 aromatic carbocycles. The van der Waals surface area contributed by atoms with Crippen molar-refractivity contribution in [2.45, 2.75) is 18.9 Å². The molecule has 0 aliphatic carbocycles. The number of urea groups is 1. The second-order valence-corrected chi connectivity index (χ2v) is 6.88. The van der Waals surface area contributed by atoms with E-state index in [1.54, 1.807) is 36.3 Å². The van der Waals surface area contributed by atoms with Crippen LogP contribution in [0.3, 0.4) is 0 Å². The highest BCUT2D eigenvalue weighted by atomic mass is 35.5. The van der Waals surface area contributed by atoms with Crippen molar-refractivity contribution in [1.82, 2.24) is 15.0 Å². The van der Waals surface area contributed by atoms with Crippen LogP contribution in [0.4, 0.5) is 10.5 Å². The van der Waals surface area contributed by atoms with E-state index in [1.807, 2.05) is 24.3 Å². The van der Waals surface area contributed by atoms with Crippen LogP contribution in [-0.4, -0.2) is 34.7 Å². The van der Waals surface area contributed by atoms with Crippen molar-refractivity contribution in [3.63, 3.8) is 0 Å². The number of ether oxygens (including phenoxy) is 1. The van der Waals surface area contributed by atoms with Crippen molar-refractivity contribution in [3.05, 3.63) is 59.4 Å². The van der Waals surface area contributed by atoms with Crippen LogP contribution in [0.5, 0.6) is 5.75 Å². The van der Waals surface area contributed by atoms with Crippen LogP contribution in [0.1, 0.15) is 24.8 Å². The Morgan fingerprint density at radius 2 is 2.04 bits per heavy atom. The third-order valence-electron chi connectivity index (χ3n) is 4.68. The number of benzene rings is 2. The Morgan fingerprint density at radius 1 is 1.25 bits per heavy atom. The summed E-state index contributed by atoms with van der Waals surface area (Å²) in [4.78, 5) is 19.0. The molecule has 1 N–H and O–H groups in total. The first-order chi connectivity index (χ1) is 13.7. The van der Waals surface area contributed by atoms with E-state index in [2.05, 4.69) is 15.5 Å². The standard InChI is InChI=1S/C20H19ClN4O3/c1-27-17-7-3-2-5-15(17)18-23-19(28-24-18)16-6-4-12-25(16)20(26)22-14-10-8-13(21)9-11-14/h2-3,5,7-11,16H,4,6,12H2,1H3,(H,22,26). The molecule has 1 saturated heterocycles. The molecule has 1 aromatic heterocycles. The second kappa shape index (κ2) is 7.90. The molecule has 1 aliphatic heterocycles. The van der Waals surface area contributed by atoms with Crippen LogP contribution in [0, 0.1) is 0 Å². The Hall–Kier alpha value is -3.06. The van der Waals surface area contributed by atoms with Crippen LogP contribution < -0.4 is 10.1 Å². The second-order valence-electron chi connectivity index (χ2n) is 6.44. The molecule has 1 unspecified atom stereocenters. The minimum absolute atomic E-state index is 0.207. The average molecular weight is 399 g/mol. The lowest BCUT2D eigenvalue weighted by Gasteiger charge is -2.22. The minimum Gasteiger partial charge on any atom is -0.496 e. The van der Waals surface area contributed by atoms with E-state index in [0.717, 1.165) is 18.4 Å². The first-order valence-electron chi connectivity index (χ1n) is 8.96. The zero-order valence-corrected chi connectivity index (χ0v) is 16.0. The van der Waals surface area contributed by atoms with Gasteiger partial charge in [-0.05, 0) is 49.2 Å². The van der Waals surface area contributed by atoms with Gasteiger partial charge in [0.05, 0.1) is 12.7 Å². The van der Waals surface area contributed by atoms with Crippen molar-refractivity contribution >= 4 is 23.3 Å². The van der Waals surface area contributed by atoms with E-state index >= 15 is 0 Å². The zero-order valence-electron chi connectivity index (χ0n) is 15.3. The Kier molecular flexibility index (Phi) is 5.16. The molecule has 8 heteroatoms. The number of hydrogen-bond acceptors (Lipinski definition) is 5. The summed E-state index contributed by atoms with van der Waals surface area (Å²) in [6.07, 6.45) is 1.63. The normalized spacial score (nSPS) is 16.2. The third-order valence-corrected chi connectivity index (χ3v) is 4.94. The molecule has 0 saturated carbocycles. The van der Waals surface area contributed by atoms with Gasteiger partial charge in [0, 0.05) is 17.3 Å². The summed E-state index contributed by atoms with van der Waals surface area (Å²) in [5.74, 6) is 1.53. The SMILES string of the molecule is COc1ccccc1-c1noc(C2CCCN2C(=O)Nc2ccc(Cl)cc2)n1. The summed E-state index contributed by atoms with van der Waals surface area (Å²) in [7, 11) is 1.60. The van der Waals surface area contributed by atoms with Gasteiger partial charge in [0.15, 0.2) is 0 Å². The number of nitrogens with one attached hydrogen (secondary N) is 1. The number of methoxy groups -OCH3 is 1. The molecule has 2 heterocycles. The van der Waals surface area contributed by atoms with Crippen molar-refractivity contribution in [3.8, 4) is 17.1 Å². The van der Waals surface area contributed by atoms with Gasteiger partial charge < -0.3 is 19.5 Å². The predicted molar refractivity (Wildman–Crippen MR) is 105 cm³/mol. The average Bonchev–Trinajstić information content (AvgIpc) is 3.39. The molecular weight excluding hydrogens is 380 g/mol. The number of rotatable bonds is 4. The molecule has 1 atom stereocenters. The van der Waals surface area contributed by atoms with Crippen molar-refractivity contribution in [1.29, 1.82) is 0 Å². The highest BCUT2D eigenvalue weighted by Gasteiger charge is 2.34. The maximum atomic E-state index is 12.7. The smallest absolute Gasteiger partial charge is 0.322 e. The molecule has 4 rings (SSSR count). The van der Waals surface area contributed by atoms with E-state index in [0.29, 0.717) is 34.7 Å². The Balaban J connectivity index is 1.53. The molecule has 0 spiro atoms. The van der Waals surface area contributed by atoms with Gasteiger partial charge in [0.25, 0.3) is 0 Å². The van der Waals surface area contributed by atoms with E-state index < -0.39 is 0 Å². The molecule has 28 heavy (non-hydrogen) atoms. The molecule has 3 aromatic rings. The van der Waals surface area contributed by atoms with Gasteiger partial charge in [-0.15, -0.1) is 0 Å². The van der Waals surface area contributed by atoms with Crippen molar-refractivity contribution < 1.29 is 14.1 Å². The van der Waals surface area contributed by atoms with Crippen molar-refractivity contribution in [2.75, 3.05) is 19.0 Å². The summed E-state index contributed by atoms with van der Waals surface area (Å²) in [6.45, 7) is 0.621. The number of carbonyl (C=O) groups excluding carboxylic acids is 1. The Labute approximate surface area is 167 Å². The van der Waals surface area contributed by atoms with Crippen LogP contribution in [0.2, 0.25) is 5.02 Å². The number of amides is 2. The van der Waals surface area contributed by atoms with Gasteiger partial charge >= 0.3 is 6.03 Å². The number of carbonyl (C=O) groups is 1. The molecule has 144 valence electrons. The quantitative estimate of drug-likeness (QED) is 0.684. The number of halogens is 1. The summed E-state index contributed by atoms with van der Waals surface area (Å²) in [5.41, 5.74) is 1.43. The summed E-state index contributed by atoms with van der Waals surface area (Å²) < 4.78 is 10.9. The summed E-state index contributed by atoms with van der Waals surface area (Å²) in [6, 6.07) is 14.0. The fraction of sp³-hybridized carbons (Fsp3) is 0.250. The topological polar surface area (TPSA) is 80.5 Å². The monoisotopic (exact) mass is 398 g/mol. The predicted octanol–water partition coefficient (Wildman–Crippen LogP) is 4.77. The van der Waals surface area contributed by atoms with Gasteiger partial charge in [0.2, 0.25) is 11.7 Å². The first-order valence-corrected chi connectivity index (χ1v) is 9.33. The third kappa shape index (κ3) is 3.66. The maximum Gasteiger partial charge on any atom is 0.322 e. The number of hydrogen-bond donors (Lipinski definition) is 1. The number of para-hydroxylation sites is 1. The minimum atomic E-state index is -0.261. The van der Waals surface area contributed by atoms with E-state index in [-0.39, 0.29) is 12.1 Å². The summed E-state index contributed by atoms with van der Waals surface area (Å²) >= 11 is 5.89. The molecule has 0 radical (unpaired) electrons. The van der Waals surface area contributed by atoms with Crippen molar-refractivity contribution in [2.24, 2.45) is 0 Å². The van der Waals surface area contributed by atoms with Crippen LogP contribution in [0.25, 0.3) is 11.4 Å². The number of likely N-dealkylation sites (tertiary alicyclic amines) is 1.